The average Bonchev–Trinajstić information content (AvgIpc) is 2.99. The minimum absolute atomic E-state index is 0. The molecule has 0 heterocycles. The Bertz CT molecular complexity index is 761. The Kier molecular flexibility index (Phi) is 36.7. The van der Waals surface area contributed by atoms with Gasteiger partial charge in [-0.25, -0.2) is 0 Å². The first-order valence-corrected chi connectivity index (χ1v) is 20.1. The van der Waals surface area contributed by atoms with Crippen LogP contribution in [0.1, 0.15) is 200 Å². The van der Waals surface area contributed by atoms with Crippen molar-refractivity contribution in [3.8, 4) is 0 Å². The number of ether oxygens (including phenoxy) is 2. The Hall–Kier alpha value is -0.150. The second kappa shape index (κ2) is 35.2. The van der Waals surface area contributed by atoms with Gasteiger partial charge in [-0.2, -0.15) is 8.42 Å². The second-order valence-corrected chi connectivity index (χ2v) is 14.4. The van der Waals surface area contributed by atoms with Crippen molar-refractivity contribution in [1.82, 2.24) is 0 Å². The van der Waals surface area contributed by atoms with Gasteiger partial charge < -0.3 is 9.47 Å². The van der Waals surface area contributed by atoms with E-state index in [9.17, 15) is 22.6 Å². The van der Waals surface area contributed by atoms with E-state index in [2.05, 4.69) is 13.8 Å². The quantitative estimate of drug-likeness (QED) is 0.0314. The summed E-state index contributed by atoms with van der Waals surface area (Å²) in [4.78, 5) is 24.4. The van der Waals surface area contributed by atoms with Gasteiger partial charge in [0.05, 0.1) is 19.6 Å². The molecule has 0 aromatic heterocycles. The van der Waals surface area contributed by atoms with Gasteiger partial charge in [-0.3, -0.25) is 14.1 Å². The van der Waals surface area contributed by atoms with Crippen LogP contribution in [0.2, 0.25) is 0 Å². The third-order valence-corrected chi connectivity index (χ3v) is 9.56. The molecule has 0 aliphatic heterocycles. The number of unbranched alkanes of at least 4 members (excludes halogenated alkanes) is 26. The van der Waals surface area contributed by atoms with Crippen molar-refractivity contribution >= 4 is 51.6 Å². The Morgan fingerprint density at radius 3 is 1.04 bits per heavy atom. The third kappa shape index (κ3) is 33.5. The first-order valence-electron chi connectivity index (χ1n) is 18.6. The molecule has 0 rings (SSSR count). The van der Waals surface area contributed by atoms with Crippen LogP contribution < -0.4 is 0 Å². The molecule has 0 bridgehead atoms. The molecule has 1 N–H and O–H groups in total. The van der Waals surface area contributed by atoms with Gasteiger partial charge >= 0.3 is 41.5 Å². The number of carbonyl (C=O) groups is 2. The normalized spacial score (nSPS) is 12.1. The average molecular weight is 671 g/mol. The van der Waals surface area contributed by atoms with Gasteiger partial charge in [0.1, 0.15) is 0 Å². The van der Waals surface area contributed by atoms with Crippen molar-refractivity contribution in [3.05, 3.63) is 0 Å². The van der Waals surface area contributed by atoms with E-state index in [1.807, 2.05) is 0 Å². The molecular weight excluding hydrogens is 599 g/mol. The maximum absolute atomic E-state index is 12.3. The van der Waals surface area contributed by atoms with Gasteiger partial charge in [0.15, 0.2) is 5.25 Å². The fraction of sp³-hybridized carbons (Fsp3) is 0.944. The summed E-state index contributed by atoms with van der Waals surface area (Å²) in [6.45, 7) is 4.76. The van der Waals surface area contributed by atoms with Gasteiger partial charge in [0.25, 0.3) is 10.1 Å². The van der Waals surface area contributed by atoms with E-state index >= 15 is 0 Å². The van der Waals surface area contributed by atoms with Crippen LogP contribution in [0.15, 0.2) is 0 Å². The van der Waals surface area contributed by atoms with Gasteiger partial charge in [-0.15, -0.1) is 0 Å². The van der Waals surface area contributed by atoms with Crippen LogP contribution in [0, 0.1) is 0 Å². The van der Waals surface area contributed by atoms with Crippen LogP contribution in [0.4, 0.5) is 0 Å². The van der Waals surface area contributed by atoms with E-state index < -0.39 is 33.7 Å². The van der Waals surface area contributed by atoms with Crippen molar-refractivity contribution in [2.24, 2.45) is 0 Å². The molecule has 0 aliphatic carbocycles. The molecule has 0 radical (unpaired) electrons. The number of esters is 2. The summed E-state index contributed by atoms with van der Waals surface area (Å²) in [6, 6.07) is 0. The molecule has 0 aliphatic rings. The molecule has 1 atom stereocenters. The van der Waals surface area contributed by atoms with Crippen LogP contribution in [0.3, 0.4) is 0 Å². The summed E-state index contributed by atoms with van der Waals surface area (Å²) in [5.41, 5.74) is 0. The predicted molar refractivity (Wildman–Crippen MR) is 190 cm³/mol. The minimum atomic E-state index is -4.77. The van der Waals surface area contributed by atoms with E-state index in [0.29, 0.717) is 12.8 Å². The van der Waals surface area contributed by atoms with Crippen LogP contribution in [-0.2, 0) is 29.2 Å². The third-order valence-electron chi connectivity index (χ3n) is 8.48. The zero-order valence-corrected chi connectivity index (χ0v) is 29.6. The Morgan fingerprint density at radius 2 is 0.756 bits per heavy atom. The molecule has 0 amide bonds. The van der Waals surface area contributed by atoms with Gasteiger partial charge in [-0.1, -0.05) is 181 Å². The first kappa shape index (κ1) is 47.0. The number of rotatable bonds is 34. The maximum atomic E-state index is 12.3. The molecule has 0 aromatic carbocycles. The summed E-state index contributed by atoms with van der Waals surface area (Å²) < 4.78 is 43.2. The topological polar surface area (TPSA) is 107 Å². The summed E-state index contributed by atoms with van der Waals surface area (Å²) >= 11 is 0. The molecule has 0 fully saturated rings. The van der Waals surface area contributed by atoms with Crippen LogP contribution in [0.5, 0.6) is 0 Å². The summed E-state index contributed by atoms with van der Waals surface area (Å²) in [5, 5.41) is -1.93. The standard InChI is InChI=1S/C36H70O7S.Na.H/c1-3-5-7-9-11-13-15-17-19-21-23-25-27-29-31-42-35(37)33-34(44(39,40)41)36(38)43-32-30-28-26-24-22-20-18-16-14-12-10-8-6-4-2;;/h34H,3-33H2,1-2H3,(H,39,40,41);;. The van der Waals surface area contributed by atoms with E-state index in [1.165, 1.54) is 135 Å². The van der Waals surface area contributed by atoms with Crippen molar-refractivity contribution in [1.29, 1.82) is 0 Å². The summed E-state index contributed by atoms with van der Waals surface area (Å²) in [6.07, 6.45) is 33.3. The van der Waals surface area contributed by atoms with Crippen LogP contribution in [0.25, 0.3) is 0 Å². The molecule has 264 valence electrons. The molecule has 0 aromatic rings. The van der Waals surface area contributed by atoms with Gasteiger partial charge in [0.2, 0.25) is 0 Å². The zero-order valence-electron chi connectivity index (χ0n) is 28.8. The Balaban J connectivity index is 0. The Labute approximate surface area is 300 Å². The monoisotopic (exact) mass is 670 g/mol. The molecule has 0 saturated carbocycles. The molecule has 0 saturated heterocycles. The molecule has 45 heavy (non-hydrogen) atoms. The van der Waals surface area contributed by atoms with Crippen LogP contribution >= 0.6 is 0 Å². The first-order chi connectivity index (χ1) is 21.3. The van der Waals surface area contributed by atoms with E-state index in [0.717, 1.165) is 32.1 Å². The van der Waals surface area contributed by atoms with Crippen molar-refractivity contribution < 1.29 is 32.0 Å². The molecule has 1 unspecified atom stereocenters. The van der Waals surface area contributed by atoms with Gasteiger partial charge in [-0.05, 0) is 12.8 Å². The summed E-state index contributed by atoms with van der Waals surface area (Å²) in [7, 11) is -4.77. The zero-order chi connectivity index (χ0) is 32.6. The van der Waals surface area contributed by atoms with Crippen molar-refractivity contribution in [2.75, 3.05) is 13.2 Å². The van der Waals surface area contributed by atoms with E-state index in [-0.39, 0.29) is 42.8 Å². The second-order valence-electron chi connectivity index (χ2n) is 12.8. The molecule has 0 spiro atoms. The van der Waals surface area contributed by atoms with E-state index in [4.69, 9.17) is 9.47 Å². The Morgan fingerprint density at radius 1 is 0.489 bits per heavy atom. The fourth-order valence-electron chi connectivity index (χ4n) is 5.57. The SMILES string of the molecule is CCCCCCCCCCCCCCCCOC(=O)CC(C(=O)OCCCCCCCCCCCCCCCC)S(=O)(=O)O.[NaH]. The summed E-state index contributed by atoms with van der Waals surface area (Å²) in [5.74, 6) is -1.90. The van der Waals surface area contributed by atoms with E-state index in [1.54, 1.807) is 0 Å². The molecule has 9 heteroatoms. The van der Waals surface area contributed by atoms with Crippen LogP contribution in [-0.4, -0.2) is 72.9 Å². The molecular formula is C36H71NaO7S. The number of hydrogen-bond acceptors (Lipinski definition) is 6. The fourth-order valence-corrected chi connectivity index (χ4v) is 6.22. The van der Waals surface area contributed by atoms with Crippen molar-refractivity contribution in [2.45, 2.75) is 205 Å². The number of hydrogen-bond donors (Lipinski definition) is 1. The predicted octanol–water partition coefficient (Wildman–Crippen LogP) is 10.0. The van der Waals surface area contributed by atoms with Gasteiger partial charge in [0, 0.05) is 0 Å². The van der Waals surface area contributed by atoms with Crippen molar-refractivity contribution in [3.63, 3.8) is 0 Å². The molecule has 7 nitrogen and oxygen atoms in total. The number of carbonyl (C=O) groups excluding carboxylic acids is 2.